The van der Waals surface area contributed by atoms with E-state index in [0.29, 0.717) is 12.0 Å². The van der Waals surface area contributed by atoms with Gasteiger partial charge in [-0.3, -0.25) is 0 Å². The van der Waals surface area contributed by atoms with Crippen molar-refractivity contribution in [1.29, 1.82) is 0 Å². The third kappa shape index (κ3) is 2.57. The lowest BCUT2D eigenvalue weighted by Crippen LogP contribution is -2.23. The van der Waals surface area contributed by atoms with Gasteiger partial charge >= 0.3 is 0 Å². The first-order chi connectivity index (χ1) is 9.65. The van der Waals surface area contributed by atoms with Crippen molar-refractivity contribution in [1.82, 2.24) is 19.7 Å². The van der Waals surface area contributed by atoms with Crippen LogP contribution in [0.2, 0.25) is 0 Å². The van der Waals surface area contributed by atoms with Gasteiger partial charge in [-0.1, -0.05) is 13.8 Å². The molecule has 1 unspecified atom stereocenters. The summed E-state index contributed by atoms with van der Waals surface area (Å²) in [5, 5.41) is 4.25. The molecule has 0 radical (unpaired) electrons. The van der Waals surface area contributed by atoms with Crippen molar-refractivity contribution in [3.8, 4) is 0 Å². The van der Waals surface area contributed by atoms with Crippen molar-refractivity contribution in [2.24, 2.45) is 0 Å². The minimum absolute atomic E-state index is 0.392. The number of anilines is 1. The number of rotatable bonds is 3. The molecule has 0 saturated carbocycles. The average Bonchev–Trinajstić information content (AvgIpc) is 3.09. The molecule has 0 spiro atoms. The van der Waals surface area contributed by atoms with Crippen molar-refractivity contribution >= 4 is 21.7 Å². The maximum atomic E-state index is 4.63. The maximum Gasteiger partial charge on any atom is 0.137 e. The molecule has 2 aromatic heterocycles. The Morgan fingerprint density at radius 1 is 1.40 bits per heavy atom. The van der Waals surface area contributed by atoms with Gasteiger partial charge in [0.25, 0.3) is 0 Å². The van der Waals surface area contributed by atoms with Gasteiger partial charge in [-0.15, -0.1) is 0 Å². The number of nitrogens with zero attached hydrogens (tertiary/aromatic N) is 5. The normalized spacial score (nSPS) is 19.0. The highest BCUT2D eigenvalue weighted by Gasteiger charge is 2.27. The second-order valence-corrected chi connectivity index (χ2v) is 6.40. The summed E-state index contributed by atoms with van der Waals surface area (Å²) >= 11 is 3.51. The molecule has 2 aromatic rings. The standard InChI is InChI=1S/C14H18BrN5/c1-10(2)13-5-11(15)6-17-14(13)19-4-3-12(7-19)20-9-16-8-18-20/h5-6,8-10,12H,3-4,7H2,1-2H3. The number of pyridine rings is 1. The summed E-state index contributed by atoms with van der Waals surface area (Å²) in [6, 6.07) is 2.57. The molecule has 1 fully saturated rings. The summed E-state index contributed by atoms with van der Waals surface area (Å²) in [5.74, 6) is 1.56. The van der Waals surface area contributed by atoms with Crippen molar-refractivity contribution in [3.05, 3.63) is 35.0 Å². The van der Waals surface area contributed by atoms with Crippen LogP contribution in [0.1, 0.15) is 37.8 Å². The monoisotopic (exact) mass is 335 g/mol. The smallest absolute Gasteiger partial charge is 0.137 e. The van der Waals surface area contributed by atoms with Crippen LogP contribution in [0.25, 0.3) is 0 Å². The van der Waals surface area contributed by atoms with Gasteiger partial charge in [-0.25, -0.2) is 14.6 Å². The van der Waals surface area contributed by atoms with Crippen LogP contribution in [0.5, 0.6) is 0 Å². The lowest BCUT2D eigenvalue weighted by atomic mass is 10.0. The van der Waals surface area contributed by atoms with E-state index in [4.69, 9.17) is 0 Å². The molecule has 5 nitrogen and oxygen atoms in total. The molecule has 6 heteroatoms. The Morgan fingerprint density at radius 2 is 2.25 bits per heavy atom. The van der Waals surface area contributed by atoms with Gasteiger partial charge in [0.2, 0.25) is 0 Å². The lowest BCUT2D eigenvalue weighted by molar-refractivity contribution is 0.493. The van der Waals surface area contributed by atoms with Crippen LogP contribution in [0.4, 0.5) is 5.82 Å². The molecule has 0 amide bonds. The predicted octanol–water partition coefficient (Wildman–Crippen LogP) is 3.01. The number of aromatic nitrogens is 4. The molecule has 1 saturated heterocycles. The summed E-state index contributed by atoms with van der Waals surface area (Å²) in [4.78, 5) is 11.0. The average molecular weight is 336 g/mol. The van der Waals surface area contributed by atoms with Crippen LogP contribution in [0.3, 0.4) is 0 Å². The lowest BCUT2D eigenvalue weighted by Gasteiger charge is -2.22. The summed E-state index contributed by atoms with van der Waals surface area (Å²) in [7, 11) is 0. The van der Waals surface area contributed by atoms with Gasteiger partial charge in [0.1, 0.15) is 18.5 Å². The van der Waals surface area contributed by atoms with E-state index in [1.54, 1.807) is 12.7 Å². The minimum atomic E-state index is 0.392. The molecule has 3 rings (SSSR count). The number of hydrogen-bond acceptors (Lipinski definition) is 4. The molecule has 3 heterocycles. The van der Waals surface area contributed by atoms with E-state index in [2.05, 4.69) is 55.8 Å². The third-order valence-electron chi connectivity index (χ3n) is 3.76. The Labute approximate surface area is 127 Å². The molecule has 20 heavy (non-hydrogen) atoms. The molecular formula is C14H18BrN5. The highest BCUT2D eigenvalue weighted by Crippen LogP contribution is 2.32. The van der Waals surface area contributed by atoms with Crippen LogP contribution < -0.4 is 4.90 Å². The summed E-state index contributed by atoms with van der Waals surface area (Å²) in [6.07, 6.45) is 6.36. The van der Waals surface area contributed by atoms with Crippen molar-refractivity contribution < 1.29 is 0 Å². The van der Waals surface area contributed by atoms with E-state index in [1.807, 2.05) is 10.9 Å². The zero-order valence-corrected chi connectivity index (χ0v) is 13.3. The van der Waals surface area contributed by atoms with Gasteiger partial charge in [0, 0.05) is 23.8 Å². The largest absolute Gasteiger partial charge is 0.354 e. The van der Waals surface area contributed by atoms with Crippen LogP contribution in [0, 0.1) is 0 Å². The molecular weight excluding hydrogens is 318 g/mol. The molecule has 0 aliphatic carbocycles. The van der Waals surface area contributed by atoms with E-state index in [9.17, 15) is 0 Å². The topological polar surface area (TPSA) is 46.8 Å². The molecule has 0 aromatic carbocycles. The third-order valence-corrected chi connectivity index (χ3v) is 4.19. The van der Waals surface area contributed by atoms with Gasteiger partial charge in [0.05, 0.1) is 6.04 Å². The van der Waals surface area contributed by atoms with Gasteiger partial charge in [-0.2, -0.15) is 5.10 Å². The Hall–Kier alpha value is -1.43. The van der Waals surface area contributed by atoms with Gasteiger partial charge < -0.3 is 4.90 Å². The first kappa shape index (κ1) is 13.5. The predicted molar refractivity (Wildman–Crippen MR) is 81.9 cm³/mol. The highest BCUT2D eigenvalue weighted by molar-refractivity contribution is 9.10. The van der Waals surface area contributed by atoms with E-state index in [-0.39, 0.29) is 0 Å². The Bertz CT molecular complexity index is 581. The Kier molecular flexibility index (Phi) is 3.74. The molecule has 1 atom stereocenters. The van der Waals surface area contributed by atoms with E-state index >= 15 is 0 Å². The van der Waals surface area contributed by atoms with Crippen LogP contribution >= 0.6 is 15.9 Å². The second-order valence-electron chi connectivity index (χ2n) is 5.49. The highest BCUT2D eigenvalue weighted by atomic mass is 79.9. The van der Waals surface area contributed by atoms with Crippen LogP contribution in [-0.2, 0) is 0 Å². The fraction of sp³-hybridized carbons (Fsp3) is 0.500. The summed E-state index contributed by atoms with van der Waals surface area (Å²) in [6.45, 7) is 6.37. The quantitative estimate of drug-likeness (QED) is 0.864. The fourth-order valence-corrected chi connectivity index (χ4v) is 3.04. The first-order valence-corrected chi connectivity index (χ1v) is 7.69. The summed E-state index contributed by atoms with van der Waals surface area (Å²) < 4.78 is 2.99. The Balaban J connectivity index is 1.84. The molecule has 0 bridgehead atoms. The van der Waals surface area contributed by atoms with Crippen LogP contribution in [-0.4, -0.2) is 32.8 Å². The first-order valence-electron chi connectivity index (χ1n) is 6.89. The fourth-order valence-electron chi connectivity index (χ4n) is 2.69. The molecule has 106 valence electrons. The zero-order chi connectivity index (χ0) is 14.1. The number of hydrogen-bond donors (Lipinski definition) is 0. The van der Waals surface area contributed by atoms with Crippen molar-refractivity contribution in [2.75, 3.05) is 18.0 Å². The molecule has 1 aliphatic heterocycles. The van der Waals surface area contributed by atoms with Gasteiger partial charge in [0.15, 0.2) is 0 Å². The van der Waals surface area contributed by atoms with Crippen molar-refractivity contribution in [3.63, 3.8) is 0 Å². The molecule has 1 aliphatic rings. The Morgan fingerprint density at radius 3 is 2.95 bits per heavy atom. The molecule has 0 N–H and O–H groups in total. The van der Waals surface area contributed by atoms with E-state index in [0.717, 1.165) is 29.8 Å². The van der Waals surface area contributed by atoms with E-state index in [1.165, 1.54) is 5.56 Å². The second kappa shape index (κ2) is 5.52. The van der Waals surface area contributed by atoms with Crippen LogP contribution in [0.15, 0.2) is 29.4 Å². The van der Waals surface area contributed by atoms with Crippen molar-refractivity contribution in [2.45, 2.75) is 32.2 Å². The van der Waals surface area contributed by atoms with Gasteiger partial charge in [-0.05, 0) is 39.9 Å². The summed E-state index contributed by atoms with van der Waals surface area (Å²) in [5.41, 5.74) is 1.29. The maximum absolute atomic E-state index is 4.63. The zero-order valence-electron chi connectivity index (χ0n) is 11.7. The van der Waals surface area contributed by atoms with E-state index < -0.39 is 0 Å². The minimum Gasteiger partial charge on any atom is -0.354 e. The SMILES string of the molecule is CC(C)c1cc(Br)cnc1N1CCC(n2cncn2)C1. The number of halogens is 1.